The Bertz CT molecular complexity index is 641. The van der Waals surface area contributed by atoms with Crippen LogP contribution in [0.25, 0.3) is 0 Å². The highest BCUT2D eigenvalue weighted by Crippen LogP contribution is 2.49. The van der Waals surface area contributed by atoms with Gasteiger partial charge in [-0.2, -0.15) is 0 Å². The smallest absolute Gasteiger partial charge is 0.228 e. The van der Waals surface area contributed by atoms with E-state index >= 15 is 0 Å². The molecule has 1 aromatic carbocycles. The first-order valence-corrected chi connectivity index (χ1v) is 7.09. The largest absolute Gasteiger partial charge is 0.448 e. The standard InChI is InChI=1S/C16H17FN2O2/c17-13-7-2-1-5-11(13)16(15(18)20)8-4-3-6-12(16)14-9-19-10-21-14/h1-2,5,7,9-10,12H,3-4,6,8H2,(H2,18,20). The van der Waals surface area contributed by atoms with Crippen LogP contribution in [0.3, 0.4) is 0 Å². The Hall–Kier alpha value is -2.17. The van der Waals surface area contributed by atoms with Crippen molar-refractivity contribution in [3.63, 3.8) is 0 Å². The minimum atomic E-state index is -1.07. The van der Waals surface area contributed by atoms with Crippen molar-refractivity contribution in [1.29, 1.82) is 0 Å². The van der Waals surface area contributed by atoms with Crippen LogP contribution in [0.1, 0.15) is 42.9 Å². The summed E-state index contributed by atoms with van der Waals surface area (Å²) in [5.41, 5.74) is 5.03. The van der Waals surface area contributed by atoms with Crippen LogP contribution in [0.15, 0.2) is 41.3 Å². The summed E-state index contributed by atoms with van der Waals surface area (Å²) in [5.74, 6) is -0.587. The minimum absolute atomic E-state index is 0.275. The molecule has 1 aromatic heterocycles. The summed E-state index contributed by atoms with van der Waals surface area (Å²) in [6.07, 6.45) is 5.96. The van der Waals surface area contributed by atoms with Crippen LogP contribution in [0, 0.1) is 5.82 Å². The van der Waals surface area contributed by atoms with Gasteiger partial charge in [-0.1, -0.05) is 31.0 Å². The first kappa shape index (κ1) is 13.8. The lowest BCUT2D eigenvalue weighted by Crippen LogP contribution is -2.48. The normalized spacial score (nSPS) is 25.7. The molecule has 1 amide bonds. The molecule has 5 heteroatoms. The van der Waals surface area contributed by atoms with Crippen LogP contribution in [0.5, 0.6) is 0 Å². The number of carbonyl (C=O) groups excluding carboxylic acids is 1. The molecule has 110 valence electrons. The van der Waals surface area contributed by atoms with E-state index in [2.05, 4.69) is 4.98 Å². The molecule has 1 saturated carbocycles. The molecule has 3 rings (SSSR count). The number of nitrogens with two attached hydrogens (primary N) is 1. The van der Waals surface area contributed by atoms with Crippen molar-refractivity contribution in [3.8, 4) is 0 Å². The second kappa shape index (κ2) is 5.31. The Morgan fingerprint density at radius 2 is 2.19 bits per heavy atom. The third-order valence-electron chi connectivity index (χ3n) is 4.50. The maximum absolute atomic E-state index is 14.3. The number of halogens is 1. The van der Waals surface area contributed by atoms with Gasteiger partial charge < -0.3 is 10.2 Å². The summed E-state index contributed by atoms with van der Waals surface area (Å²) < 4.78 is 19.7. The van der Waals surface area contributed by atoms with Gasteiger partial charge in [-0.25, -0.2) is 9.37 Å². The van der Waals surface area contributed by atoms with Crippen molar-refractivity contribution in [2.45, 2.75) is 37.0 Å². The fraction of sp³-hybridized carbons (Fsp3) is 0.375. The number of rotatable bonds is 3. The predicted octanol–water partition coefficient (Wildman–Crippen LogP) is 2.89. The van der Waals surface area contributed by atoms with Gasteiger partial charge in [0.15, 0.2) is 6.39 Å². The molecule has 2 aromatic rings. The predicted molar refractivity (Wildman–Crippen MR) is 75.0 cm³/mol. The number of aromatic nitrogens is 1. The molecule has 4 nitrogen and oxygen atoms in total. The van der Waals surface area contributed by atoms with Crippen LogP contribution in [-0.4, -0.2) is 10.9 Å². The van der Waals surface area contributed by atoms with E-state index in [1.165, 1.54) is 12.5 Å². The molecule has 0 aliphatic heterocycles. The monoisotopic (exact) mass is 288 g/mol. The number of carbonyl (C=O) groups is 1. The Labute approximate surface area is 122 Å². The van der Waals surface area contributed by atoms with Crippen molar-refractivity contribution in [2.24, 2.45) is 5.73 Å². The summed E-state index contributed by atoms with van der Waals surface area (Å²) in [6.45, 7) is 0. The van der Waals surface area contributed by atoms with E-state index in [4.69, 9.17) is 10.2 Å². The topological polar surface area (TPSA) is 69.1 Å². The third-order valence-corrected chi connectivity index (χ3v) is 4.50. The molecule has 1 aliphatic carbocycles. The summed E-state index contributed by atoms with van der Waals surface area (Å²) >= 11 is 0. The highest BCUT2D eigenvalue weighted by molar-refractivity contribution is 5.88. The molecule has 0 bridgehead atoms. The molecular formula is C16H17FN2O2. The molecule has 0 radical (unpaired) electrons. The number of nitrogens with zero attached hydrogens (tertiary/aromatic N) is 1. The molecule has 1 heterocycles. The second-order valence-electron chi connectivity index (χ2n) is 5.52. The summed E-state index contributed by atoms with van der Waals surface area (Å²) in [4.78, 5) is 16.3. The molecule has 1 fully saturated rings. The molecule has 0 saturated heterocycles. The SMILES string of the molecule is NC(=O)C1(c2ccccc2F)CCCCC1c1cnco1. The quantitative estimate of drug-likeness (QED) is 0.944. The first-order chi connectivity index (χ1) is 10.2. The van der Waals surface area contributed by atoms with E-state index < -0.39 is 17.1 Å². The third kappa shape index (κ3) is 2.13. The lowest BCUT2D eigenvalue weighted by Gasteiger charge is -2.41. The fourth-order valence-electron chi connectivity index (χ4n) is 3.53. The highest BCUT2D eigenvalue weighted by Gasteiger charge is 2.50. The van der Waals surface area contributed by atoms with Crippen molar-refractivity contribution in [2.75, 3.05) is 0 Å². The van der Waals surface area contributed by atoms with Crippen LogP contribution >= 0.6 is 0 Å². The number of amides is 1. The molecule has 2 N–H and O–H groups in total. The number of hydrogen-bond donors (Lipinski definition) is 1. The zero-order valence-corrected chi connectivity index (χ0v) is 11.6. The van der Waals surface area contributed by atoms with Gasteiger partial charge in [0.2, 0.25) is 5.91 Å². The molecule has 21 heavy (non-hydrogen) atoms. The molecule has 0 spiro atoms. The van der Waals surface area contributed by atoms with E-state index in [0.29, 0.717) is 17.7 Å². The van der Waals surface area contributed by atoms with Gasteiger partial charge >= 0.3 is 0 Å². The van der Waals surface area contributed by atoms with Gasteiger partial charge in [0, 0.05) is 11.5 Å². The first-order valence-electron chi connectivity index (χ1n) is 7.09. The zero-order valence-electron chi connectivity index (χ0n) is 11.6. The van der Waals surface area contributed by atoms with E-state index in [0.717, 1.165) is 19.3 Å². The number of hydrogen-bond acceptors (Lipinski definition) is 3. The molecule has 1 aliphatic rings. The van der Waals surface area contributed by atoms with E-state index in [9.17, 15) is 9.18 Å². The zero-order chi connectivity index (χ0) is 14.9. The van der Waals surface area contributed by atoms with E-state index in [1.807, 2.05) is 0 Å². The van der Waals surface area contributed by atoms with Gasteiger partial charge in [0.1, 0.15) is 11.6 Å². The lowest BCUT2D eigenvalue weighted by molar-refractivity contribution is -0.126. The lowest BCUT2D eigenvalue weighted by atomic mass is 9.61. The summed E-state index contributed by atoms with van der Waals surface area (Å²) in [7, 11) is 0. The van der Waals surface area contributed by atoms with Crippen LogP contribution in [0.4, 0.5) is 4.39 Å². The van der Waals surface area contributed by atoms with Gasteiger partial charge in [0.25, 0.3) is 0 Å². The number of primary amides is 1. The minimum Gasteiger partial charge on any atom is -0.448 e. The highest BCUT2D eigenvalue weighted by atomic mass is 19.1. The van der Waals surface area contributed by atoms with Crippen LogP contribution < -0.4 is 5.73 Å². The average molecular weight is 288 g/mol. The number of oxazole rings is 1. The van der Waals surface area contributed by atoms with Gasteiger partial charge in [0.05, 0.1) is 11.6 Å². The maximum atomic E-state index is 14.3. The average Bonchev–Trinajstić information content (AvgIpc) is 3.01. The molecular weight excluding hydrogens is 271 g/mol. The fourth-order valence-corrected chi connectivity index (χ4v) is 3.53. The van der Waals surface area contributed by atoms with E-state index in [-0.39, 0.29) is 5.92 Å². The maximum Gasteiger partial charge on any atom is 0.228 e. The van der Waals surface area contributed by atoms with Crippen molar-refractivity contribution in [3.05, 3.63) is 54.0 Å². The Morgan fingerprint density at radius 3 is 2.86 bits per heavy atom. The molecule has 2 unspecified atom stereocenters. The van der Waals surface area contributed by atoms with Crippen LogP contribution in [0.2, 0.25) is 0 Å². The Morgan fingerprint density at radius 1 is 1.38 bits per heavy atom. The number of benzene rings is 1. The van der Waals surface area contributed by atoms with Crippen molar-refractivity contribution < 1.29 is 13.6 Å². The van der Waals surface area contributed by atoms with Gasteiger partial charge in [-0.05, 0) is 18.9 Å². The summed E-state index contributed by atoms with van der Waals surface area (Å²) in [5, 5.41) is 0. The van der Waals surface area contributed by atoms with E-state index in [1.54, 1.807) is 24.4 Å². The van der Waals surface area contributed by atoms with Crippen molar-refractivity contribution >= 4 is 5.91 Å². The second-order valence-corrected chi connectivity index (χ2v) is 5.52. The van der Waals surface area contributed by atoms with Gasteiger partial charge in [-0.15, -0.1) is 0 Å². The van der Waals surface area contributed by atoms with Crippen LogP contribution in [-0.2, 0) is 10.2 Å². The summed E-state index contributed by atoms with van der Waals surface area (Å²) in [6, 6.07) is 6.36. The Kier molecular flexibility index (Phi) is 3.49. The van der Waals surface area contributed by atoms with Gasteiger partial charge in [-0.3, -0.25) is 4.79 Å². The molecule has 2 atom stereocenters. The Balaban J connectivity index is 2.18. The van der Waals surface area contributed by atoms with Crippen molar-refractivity contribution in [1.82, 2.24) is 4.98 Å².